The van der Waals surface area contributed by atoms with Gasteiger partial charge in [0.25, 0.3) is 0 Å². The van der Waals surface area contributed by atoms with E-state index in [1.54, 1.807) is 12.1 Å². The lowest BCUT2D eigenvalue weighted by Gasteiger charge is -2.03. The van der Waals surface area contributed by atoms with E-state index < -0.39 is 9.05 Å². The molecule has 0 spiro atoms. The summed E-state index contributed by atoms with van der Waals surface area (Å²) in [7, 11) is 1.52. The molecule has 0 aliphatic carbocycles. The Morgan fingerprint density at radius 1 is 1.33 bits per heavy atom. The third kappa shape index (κ3) is 4.95. The van der Waals surface area contributed by atoms with Crippen LogP contribution in [0.25, 0.3) is 0 Å². The topological polar surface area (TPSA) is 34.1 Å². The third-order valence-electron chi connectivity index (χ3n) is 1.74. The van der Waals surface area contributed by atoms with Crippen LogP contribution in [0.1, 0.15) is 5.56 Å². The molecule has 0 saturated carbocycles. The second-order valence-corrected chi connectivity index (χ2v) is 6.01. The molecule has 1 rings (SSSR count). The summed E-state index contributed by atoms with van der Waals surface area (Å²) < 4.78 is 34.0. The van der Waals surface area contributed by atoms with Crippen molar-refractivity contribution in [1.29, 1.82) is 0 Å². The zero-order valence-corrected chi connectivity index (χ0v) is 9.48. The van der Waals surface area contributed by atoms with E-state index >= 15 is 0 Å². The zero-order valence-electron chi connectivity index (χ0n) is 7.91. The quantitative estimate of drug-likeness (QED) is 0.606. The Balaban J connectivity index is 2.63. The van der Waals surface area contributed by atoms with Crippen LogP contribution in [0.5, 0.6) is 0 Å². The van der Waals surface area contributed by atoms with E-state index in [0.29, 0.717) is 12.0 Å². The molecule has 0 heterocycles. The van der Waals surface area contributed by atoms with E-state index in [1.807, 2.05) is 0 Å². The first kappa shape index (κ1) is 12.2. The molecule has 0 aliphatic rings. The van der Waals surface area contributed by atoms with Crippen LogP contribution < -0.4 is 0 Å². The van der Waals surface area contributed by atoms with Crippen LogP contribution in [0.2, 0.25) is 0 Å². The molecule has 15 heavy (non-hydrogen) atoms. The second kappa shape index (κ2) is 4.77. The third-order valence-corrected chi connectivity index (χ3v) is 2.82. The molecule has 0 saturated heterocycles. The van der Waals surface area contributed by atoms with Crippen LogP contribution in [-0.2, 0) is 15.5 Å². The molecular weight excluding hydrogens is 239 g/mol. The number of hydrogen-bond donors (Lipinski definition) is 0. The van der Waals surface area contributed by atoms with Crippen molar-refractivity contribution in [1.82, 2.24) is 0 Å². The Morgan fingerprint density at radius 3 is 2.33 bits per heavy atom. The molecule has 0 bridgehead atoms. The molecule has 0 radical (unpaired) electrons. The fraction of sp³-hybridized carbons (Fsp3) is 0.200. The van der Waals surface area contributed by atoms with Crippen LogP contribution in [-0.4, -0.2) is 14.2 Å². The van der Waals surface area contributed by atoms with Gasteiger partial charge in [0.05, 0.1) is 5.75 Å². The summed E-state index contributed by atoms with van der Waals surface area (Å²) >= 11 is 0. The minimum absolute atomic E-state index is 0.258. The summed E-state index contributed by atoms with van der Waals surface area (Å²) in [5, 5.41) is 0. The highest BCUT2D eigenvalue weighted by atomic mass is 35.7. The summed E-state index contributed by atoms with van der Waals surface area (Å²) in [4.78, 5) is 0. The molecule has 0 aromatic heterocycles. The first-order valence-electron chi connectivity index (χ1n) is 4.20. The molecule has 0 atom stereocenters. The summed E-state index contributed by atoms with van der Waals surface area (Å²) in [6.45, 7) is 3.60. The van der Waals surface area contributed by atoms with Crippen molar-refractivity contribution in [3.05, 3.63) is 47.8 Å². The van der Waals surface area contributed by atoms with Crippen molar-refractivity contribution in [2.75, 3.05) is 5.75 Å². The van der Waals surface area contributed by atoms with Gasteiger partial charge in [-0.15, -0.1) is 0 Å². The minimum Gasteiger partial charge on any atom is -0.212 e. The van der Waals surface area contributed by atoms with Crippen LogP contribution in [0.3, 0.4) is 0 Å². The molecular formula is C10H10ClFO2S. The molecule has 1 aromatic carbocycles. The number of benzene rings is 1. The highest BCUT2D eigenvalue weighted by molar-refractivity contribution is 8.13. The lowest BCUT2D eigenvalue weighted by Crippen LogP contribution is -2.02. The maximum atomic E-state index is 12.6. The maximum absolute atomic E-state index is 12.6. The Morgan fingerprint density at radius 2 is 1.87 bits per heavy atom. The lowest BCUT2D eigenvalue weighted by molar-refractivity contribution is 0.611. The fourth-order valence-electron chi connectivity index (χ4n) is 1.19. The lowest BCUT2D eigenvalue weighted by atomic mass is 10.1. The molecule has 82 valence electrons. The zero-order chi connectivity index (χ0) is 11.5. The van der Waals surface area contributed by atoms with E-state index in [1.165, 1.54) is 12.1 Å². The van der Waals surface area contributed by atoms with Gasteiger partial charge in [-0.2, -0.15) is 0 Å². The summed E-state index contributed by atoms with van der Waals surface area (Å²) in [6, 6.07) is 5.80. The van der Waals surface area contributed by atoms with Gasteiger partial charge in [-0.3, -0.25) is 0 Å². The van der Waals surface area contributed by atoms with Crippen molar-refractivity contribution >= 4 is 19.7 Å². The molecule has 0 unspecified atom stereocenters. The monoisotopic (exact) mass is 248 g/mol. The Labute approximate surface area is 92.8 Å². The number of halogens is 2. The molecule has 2 nitrogen and oxygen atoms in total. The average molecular weight is 249 g/mol. The normalized spacial score (nSPS) is 11.3. The van der Waals surface area contributed by atoms with Crippen molar-refractivity contribution in [3.63, 3.8) is 0 Å². The first-order valence-corrected chi connectivity index (χ1v) is 6.68. The van der Waals surface area contributed by atoms with E-state index in [0.717, 1.165) is 5.56 Å². The smallest absolute Gasteiger partial charge is 0.212 e. The van der Waals surface area contributed by atoms with Crippen molar-refractivity contribution in [2.24, 2.45) is 0 Å². The van der Waals surface area contributed by atoms with Crippen LogP contribution in [0.15, 0.2) is 36.4 Å². The second-order valence-electron chi connectivity index (χ2n) is 3.24. The Hall–Kier alpha value is -0.870. The van der Waals surface area contributed by atoms with E-state index in [-0.39, 0.29) is 11.6 Å². The van der Waals surface area contributed by atoms with Crippen LogP contribution in [0, 0.1) is 5.82 Å². The van der Waals surface area contributed by atoms with Crippen molar-refractivity contribution in [3.8, 4) is 0 Å². The van der Waals surface area contributed by atoms with Gasteiger partial charge in [0.2, 0.25) is 9.05 Å². The maximum Gasteiger partial charge on any atom is 0.236 e. The van der Waals surface area contributed by atoms with E-state index in [4.69, 9.17) is 10.7 Å². The van der Waals surface area contributed by atoms with Gasteiger partial charge in [-0.25, -0.2) is 12.8 Å². The number of hydrogen-bond acceptors (Lipinski definition) is 2. The first-order chi connectivity index (χ1) is 6.87. The fourth-order valence-corrected chi connectivity index (χ4v) is 2.24. The predicted molar refractivity (Wildman–Crippen MR) is 58.9 cm³/mol. The highest BCUT2D eigenvalue weighted by Crippen LogP contribution is 2.11. The SMILES string of the molecule is C=C(Cc1ccc(F)cc1)CS(=O)(=O)Cl. The summed E-state index contributed by atoms with van der Waals surface area (Å²) in [5.74, 6) is -0.583. The molecule has 0 amide bonds. The van der Waals surface area contributed by atoms with Gasteiger partial charge < -0.3 is 0 Å². The molecule has 5 heteroatoms. The minimum atomic E-state index is -3.55. The van der Waals surface area contributed by atoms with E-state index in [2.05, 4.69) is 6.58 Å². The van der Waals surface area contributed by atoms with Crippen LogP contribution >= 0.6 is 10.7 Å². The Kier molecular flexibility index (Phi) is 3.88. The van der Waals surface area contributed by atoms with Crippen molar-refractivity contribution in [2.45, 2.75) is 6.42 Å². The van der Waals surface area contributed by atoms with Gasteiger partial charge in [0.15, 0.2) is 0 Å². The van der Waals surface area contributed by atoms with Gasteiger partial charge in [0.1, 0.15) is 5.82 Å². The molecule has 0 N–H and O–H groups in total. The van der Waals surface area contributed by atoms with Crippen LogP contribution in [0.4, 0.5) is 4.39 Å². The van der Waals surface area contributed by atoms with E-state index in [9.17, 15) is 12.8 Å². The molecule has 0 aliphatic heterocycles. The number of rotatable bonds is 4. The highest BCUT2D eigenvalue weighted by Gasteiger charge is 2.08. The predicted octanol–water partition coefficient (Wildman–Crippen LogP) is 2.49. The van der Waals surface area contributed by atoms with Crippen molar-refractivity contribution < 1.29 is 12.8 Å². The Bertz CT molecular complexity index is 451. The average Bonchev–Trinajstić information content (AvgIpc) is 2.05. The summed E-state index contributed by atoms with van der Waals surface area (Å²) in [6.07, 6.45) is 0.381. The largest absolute Gasteiger partial charge is 0.236 e. The summed E-state index contributed by atoms with van der Waals surface area (Å²) in [5.41, 5.74) is 1.29. The molecule has 1 aromatic rings. The van der Waals surface area contributed by atoms with Gasteiger partial charge in [0, 0.05) is 10.7 Å². The van der Waals surface area contributed by atoms with Gasteiger partial charge in [-0.1, -0.05) is 24.3 Å². The standard InChI is InChI=1S/C10H10ClFO2S/c1-8(7-15(11,13)14)6-9-2-4-10(12)5-3-9/h2-5H,1,6-7H2. The van der Waals surface area contributed by atoms with Gasteiger partial charge >= 0.3 is 0 Å². The van der Waals surface area contributed by atoms with Gasteiger partial charge in [-0.05, 0) is 24.1 Å². The molecule has 0 fully saturated rings.